The summed E-state index contributed by atoms with van der Waals surface area (Å²) in [5, 5.41) is 13.0. The predicted molar refractivity (Wildman–Crippen MR) is 90.9 cm³/mol. The van der Waals surface area contributed by atoms with E-state index in [0.717, 1.165) is 16.8 Å². The van der Waals surface area contributed by atoms with Crippen molar-refractivity contribution in [3.63, 3.8) is 0 Å². The van der Waals surface area contributed by atoms with Gasteiger partial charge in [0, 0.05) is 5.69 Å². The Morgan fingerprint density at radius 2 is 1.36 bits per heavy atom. The number of anilines is 1. The van der Waals surface area contributed by atoms with Gasteiger partial charge in [-0.3, -0.25) is 4.79 Å². The Morgan fingerprint density at radius 1 is 0.864 bits per heavy atom. The number of aryl methyl sites for hydroxylation is 1. The Hall–Kier alpha value is -2.29. The maximum atomic E-state index is 12.5. The molecule has 0 aliphatic carbocycles. The SMILES string of the molecule is Cc1cccc(C(=O)Nc2c(C)c(C)c(C)c(C)c2C)c1O. The monoisotopic (exact) mass is 297 g/mol. The Balaban J connectivity index is 2.48. The molecule has 2 aromatic rings. The minimum atomic E-state index is -0.282. The summed E-state index contributed by atoms with van der Waals surface area (Å²) in [5.41, 5.74) is 7.60. The van der Waals surface area contributed by atoms with Gasteiger partial charge in [0.15, 0.2) is 0 Å². The Bertz CT molecular complexity index is 732. The number of rotatable bonds is 2. The highest BCUT2D eigenvalue weighted by atomic mass is 16.3. The molecule has 3 heteroatoms. The average molecular weight is 297 g/mol. The molecule has 0 spiro atoms. The van der Waals surface area contributed by atoms with E-state index in [1.807, 2.05) is 13.8 Å². The normalized spacial score (nSPS) is 10.6. The van der Waals surface area contributed by atoms with Crippen LogP contribution in [-0.4, -0.2) is 11.0 Å². The van der Waals surface area contributed by atoms with Crippen molar-refractivity contribution in [1.29, 1.82) is 0 Å². The summed E-state index contributed by atoms with van der Waals surface area (Å²) in [6.45, 7) is 12.0. The molecule has 0 bridgehead atoms. The summed E-state index contributed by atoms with van der Waals surface area (Å²) >= 11 is 0. The number of nitrogens with one attached hydrogen (secondary N) is 1. The first-order chi connectivity index (χ1) is 10.3. The van der Waals surface area contributed by atoms with Crippen LogP contribution < -0.4 is 5.32 Å². The van der Waals surface area contributed by atoms with E-state index in [4.69, 9.17) is 0 Å². The fourth-order valence-corrected chi connectivity index (χ4v) is 2.71. The average Bonchev–Trinajstić information content (AvgIpc) is 2.50. The van der Waals surface area contributed by atoms with Gasteiger partial charge in [-0.2, -0.15) is 0 Å². The lowest BCUT2D eigenvalue weighted by atomic mass is 9.93. The summed E-state index contributed by atoms with van der Waals surface area (Å²) in [6.07, 6.45) is 0. The lowest BCUT2D eigenvalue weighted by Crippen LogP contribution is -2.15. The van der Waals surface area contributed by atoms with Crippen LogP contribution in [0, 0.1) is 41.5 Å². The summed E-state index contributed by atoms with van der Waals surface area (Å²) in [7, 11) is 0. The van der Waals surface area contributed by atoms with Crippen molar-refractivity contribution in [2.24, 2.45) is 0 Å². The number of para-hydroxylation sites is 1. The Labute approximate surface area is 132 Å². The Kier molecular flexibility index (Phi) is 4.27. The zero-order valence-corrected chi connectivity index (χ0v) is 14.1. The van der Waals surface area contributed by atoms with Gasteiger partial charge in [0.1, 0.15) is 5.75 Å². The van der Waals surface area contributed by atoms with E-state index in [9.17, 15) is 9.90 Å². The minimum Gasteiger partial charge on any atom is -0.507 e. The molecule has 116 valence electrons. The van der Waals surface area contributed by atoms with Crippen LogP contribution in [-0.2, 0) is 0 Å². The molecule has 2 N–H and O–H groups in total. The van der Waals surface area contributed by atoms with E-state index in [1.165, 1.54) is 16.7 Å². The van der Waals surface area contributed by atoms with Crippen molar-refractivity contribution < 1.29 is 9.90 Å². The van der Waals surface area contributed by atoms with Crippen LogP contribution >= 0.6 is 0 Å². The molecule has 0 saturated heterocycles. The summed E-state index contributed by atoms with van der Waals surface area (Å²) in [4.78, 5) is 12.5. The Morgan fingerprint density at radius 3 is 1.91 bits per heavy atom. The van der Waals surface area contributed by atoms with Crippen molar-refractivity contribution in [3.8, 4) is 5.75 Å². The van der Waals surface area contributed by atoms with Crippen molar-refractivity contribution in [3.05, 3.63) is 57.1 Å². The molecule has 2 rings (SSSR count). The molecule has 0 fully saturated rings. The lowest BCUT2D eigenvalue weighted by molar-refractivity contribution is 0.102. The van der Waals surface area contributed by atoms with E-state index in [-0.39, 0.29) is 11.7 Å². The summed E-state index contributed by atoms with van der Waals surface area (Å²) < 4.78 is 0. The molecule has 0 radical (unpaired) electrons. The van der Waals surface area contributed by atoms with E-state index in [1.54, 1.807) is 25.1 Å². The topological polar surface area (TPSA) is 49.3 Å². The maximum absolute atomic E-state index is 12.5. The van der Waals surface area contributed by atoms with Crippen LogP contribution in [0.1, 0.15) is 43.7 Å². The fourth-order valence-electron chi connectivity index (χ4n) is 2.71. The maximum Gasteiger partial charge on any atom is 0.259 e. The van der Waals surface area contributed by atoms with E-state index in [0.29, 0.717) is 11.1 Å². The van der Waals surface area contributed by atoms with Gasteiger partial charge >= 0.3 is 0 Å². The molecule has 0 heterocycles. The van der Waals surface area contributed by atoms with Gasteiger partial charge in [0.2, 0.25) is 0 Å². The molecule has 0 aromatic heterocycles. The molecule has 22 heavy (non-hydrogen) atoms. The number of carbonyl (C=O) groups is 1. The first kappa shape index (κ1) is 16.1. The highest BCUT2D eigenvalue weighted by Crippen LogP contribution is 2.31. The highest BCUT2D eigenvalue weighted by Gasteiger charge is 2.17. The number of phenolic OH excluding ortho intramolecular Hbond substituents is 1. The number of aromatic hydroxyl groups is 1. The van der Waals surface area contributed by atoms with Crippen LogP contribution in [0.5, 0.6) is 5.75 Å². The minimum absolute atomic E-state index is 0.0378. The standard InChI is InChI=1S/C19H23NO2/c1-10-8-7-9-16(18(10)21)19(22)20-17-14(5)12(3)11(2)13(4)15(17)6/h7-9,21H,1-6H3,(H,20,22). The highest BCUT2D eigenvalue weighted by molar-refractivity contribution is 6.07. The first-order valence-electron chi connectivity index (χ1n) is 7.42. The molecule has 0 aliphatic heterocycles. The van der Waals surface area contributed by atoms with Gasteiger partial charge in [0.25, 0.3) is 5.91 Å². The van der Waals surface area contributed by atoms with Gasteiger partial charge < -0.3 is 10.4 Å². The fraction of sp³-hybridized carbons (Fsp3) is 0.316. The van der Waals surface area contributed by atoms with Crippen molar-refractivity contribution in [1.82, 2.24) is 0 Å². The van der Waals surface area contributed by atoms with Gasteiger partial charge in [-0.05, 0) is 81.0 Å². The second kappa shape index (κ2) is 5.84. The smallest absolute Gasteiger partial charge is 0.259 e. The van der Waals surface area contributed by atoms with Crippen LogP contribution in [0.2, 0.25) is 0 Å². The molecule has 0 aliphatic rings. The van der Waals surface area contributed by atoms with Crippen molar-refractivity contribution >= 4 is 11.6 Å². The van der Waals surface area contributed by atoms with Crippen LogP contribution in [0.25, 0.3) is 0 Å². The van der Waals surface area contributed by atoms with Gasteiger partial charge in [-0.15, -0.1) is 0 Å². The number of benzene rings is 2. The molecule has 0 saturated carbocycles. The molecular formula is C19H23NO2. The van der Waals surface area contributed by atoms with Crippen molar-refractivity contribution in [2.75, 3.05) is 5.32 Å². The summed E-state index contributed by atoms with van der Waals surface area (Å²) in [6, 6.07) is 5.19. The molecular weight excluding hydrogens is 274 g/mol. The van der Waals surface area contributed by atoms with Crippen molar-refractivity contribution in [2.45, 2.75) is 41.5 Å². The number of carbonyl (C=O) groups excluding carboxylic acids is 1. The van der Waals surface area contributed by atoms with Crippen LogP contribution in [0.15, 0.2) is 18.2 Å². The number of hydrogen-bond donors (Lipinski definition) is 2. The quantitative estimate of drug-likeness (QED) is 0.857. The zero-order chi connectivity index (χ0) is 16.6. The van der Waals surface area contributed by atoms with Crippen LogP contribution in [0.4, 0.5) is 5.69 Å². The second-order valence-corrected chi connectivity index (χ2v) is 5.93. The van der Waals surface area contributed by atoms with Gasteiger partial charge in [-0.1, -0.05) is 12.1 Å². The second-order valence-electron chi connectivity index (χ2n) is 5.93. The molecule has 1 amide bonds. The number of phenols is 1. The van der Waals surface area contributed by atoms with E-state index in [2.05, 4.69) is 26.1 Å². The first-order valence-corrected chi connectivity index (χ1v) is 7.42. The zero-order valence-electron chi connectivity index (χ0n) is 14.1. The molecule has 2 aromatic carbocycles. The summed E-state index contributed by atoms with van der Waals surface area (Å²) in [5.74, 6) is -0.245. The molecule has 0 unspecified atom stereocenters. The third-order valence-electron chi connectivity index (χ3n) is 4.72. The largest absolute Gasteiger partial charge is 0.507 e. The molecule has 3 nitrogen and oxygen atoms in total. The van der Waals surface area contributed by atoms with Gasteiger partial charge in [-0.25, -0.2) is 0 Å². The van der Waals surface area contributed by atoms with E-state index >= 15 is 0 Å². The third kappa shape index (κ3) is 2.59. The van der Waals surface area contributed by atoms with E-state index < -0.39 is 0 Å². The third-order valence-corrected chi connectivity index (χ3v) is 4.72. The number of hydrogen-bond acceptors (Lipinski definition) is 2. The molecule has 0 atom stereocenters. The predicted octanol–water partition coefficient (Wildman–Crippen LogP) is 4.50. The number of amides is 1. The van der Waals surface area contributed by atoms with Crippen LogP contribution in [0.3, 0.4) is 0 Å². The van der Waals surface area contributed by atoms with Gasteiger partial charge in [0.05, 0.1) is 5.56 Å². The lowest BCUT2D eigenvalue weighted by Gasteiger charge is -2.19.